The van der Waals surface area contributed by atoms with Gasteiger partial charge in [0.1, 0.15) is 0 Å². The summed E-state index contributed by atoms with van der Waals surface area (Å²) in [6.07, 6.45) is 6.73. The minimum atomic E-state index is -0.625. The number of hydrogen-bond donors (Lipinski definition) is 0. The van der Waals surface area contributed by atoms with Crippen molar-refractivity contribution in [2.45, 2.75) is 156 Å². The molecule has 0 saturated heterocycles. The highest BCUT2D eigenvalue weighted by Crippen LogP contribution is 2.53. The summed E-state index contributed by atoms with van der Waals surface area (Å²) in [6, 6.07) is 29.4. The molecule has 1 atom stereocenters. The Labute approximate surface area is 302 Å². The van der Waals surface area contributed by atoms with Crippen LogP contribution in [0.15, 0.2) is 72.8 Å². The van der Waals surface area contributed by atoms with Crippen molar-refractivity contribution in [2.24, 2.45) is 0 Å². The lowest BCUT2D eigenvalue weighted by Gasteiger charge is -2.36. The predicted molar refractivity (Wildman–Crippen MR) is 221 cm³/mol. The van der Waals surface area contributed by atoms with Gasteiger partial charge in [-0.2, -0.15) is 0 Å². The second-order valence-electron chi connectivity index (χ2n) is 16.8. The highest BCUT2D eigenvalue weighted by Gasteiger charge is 2.34. The molecule has 1 heteroatoms. The maximum atomic E-state index is 2.56. The Morgan fingerprint density at radius 1 is 0.449 bits per heavy atom. The molecule has 1 unspecified atom stereocenters. The average molecular weight is 673 g/mol. The third-order valence-corrected chi connectivity index (χ3v) is 14.1. The van der Waals surface area contributed by atoms with Crippen LogP contribution in [0.4, 0.5) is 0 Å². The van der Waals surface area contributed by atoms with Crippen LogP contribution in [0.2, 0.25) is 0 Å². The molecule has 0 amide bonds. The summed E-state index contributed by atoms with van der Waals surface area (Å²) in [5.74, 6) is 2.73. The molecular formula is C48H65P. The Morgan fingerprint density at radius 2 is 0.837 bits per heavy atom. The first-order valence-corrected chi connectivity index (χ1v) is 21.1. The normalized spacial score (nSPS) is 15.1. The van der Waals surface area contributed by atoms with Gasteiger partial charge in [-0.3, -0.25) is 0 Å². The molecule has 49 heavy (non-hydrogen) atoms. The Kier molecular flexibility index (Phi) is 12.3. The van der Waals surface area contributed by atoms with Crippen LogP contribution in [0, 0.1) is 0 Å². The van der Waals surface area contributed by atoms with E-state index in [1.54, 1.807) is 10.6 Å². The van der Waals surface area contributed by atoms with E-state index in [1.165, 1.54) is 87.7 Å². The molecule has 5 rings (SSSR count). The second-order valence-corrected chi connectivity index (χ2v) is 19.2. The fraction of sp³-hybridized carbons (Fsp3) is 0.500. The Bertz CT molecular complexity index is 1540. The van der Waals surface area contributed by atoms with Gasteiger partial charge in [0.2, 0.25) is 0 Å². The third kappa shape index (κ3) is 7.96. The molecule has 1 aliphatic carbocycles. The third-order valence-electron chi connectivity index (χ3n) is 11.1. The van der Waals surface area contributed by atoms with Gasteiger partial charge >= 0.3 is 0 Å². The zero-order valence-electron chi connectivity index (χ0n) is 33.0. The molecule has 0 N–H and O–H groups in total. The van der Waals surface area contributed by atoms with Crippen molar-refractivity contribution < 1.29 is 0 Å². The van der Waals surface area contributed by atoms with Gasteiger partial charge in [-0.1, -0.05) is 175 Å². The number of benzene rings is 4. The van der Waals surface area contributed by atoms with E-state index in [0.717, 1.165) is 0 Å². The van der Waals surface area contributed by atoms with Gasteiger partial charge in [-0.05, 0) is 128 Å². The Balaban J connectivity index is 2.01. The number of rotatable bonds is 11. The van der Waals surface area contributed by atoms with Gasteiger partial charge < -0.3 is 0 Å². The fourth-order valence-corrected chi connectivity index (χ4v) is 11.5. The molecule has 0 radical (unpaired) electrons. The van der Waals surface area contributed by atoms with Crippen molar-refractivity contribution in [1.29, 1.82) is 0 Å². The highest BCUT2D eigenvalue weighted by molar-refractivity contribution is 7.74. The van der Waals surface area contributed by atoms with Crippen LogP contribution >= 0.6 is 7.92 Å². The molecule has 0 nitrogen and oxygen atoms in total. The first-order chi connectivity index (χ1) is 23.3. The monoisotopic (exact) mass is 672 g/mol. The first kappa shape index (κ1) is 37.6. The topological polar surface area (TPSA) is 0 Å². The summed E-state index contributed by atoms with van der Waals surface area (Å²) in [5.41, 5.74) is 15.7. The second kappa shape index (κ2) is 16.1. The standard InChI is InChI=1S/C48H65P/c1-30(2)36-26-42(32(5)6)46(43(27-36)33(7)8)40-24-19-25-41(47-44(34(9)10)28-37(31(3)4)29-45(47)35(11)12)48(40)49(38-20-15-13-16-21-38)39-22-17-14-18-23-39/h13,15-16,19-21,24-35,39H,14,17-18,22-23H2,1-12H3. The van der Waals surface area contributed by atoms with Gasteiger partial charge in [0.15, 0.2) is 0 Å². The number of hydrogen-bond acceptors (Lipinski definition) is 0. The van der Waals surface area contributed by atoms with Crippen molar-refractivity contribution in [3.63, 3.8) is 0 Å². The van der Waals surface area contributed by atoms with E-state index in [1.807, 2.05) is 0 Å². The van der Waals surface area contributed by atoms with E-state index in [4.69, 9.17) is 0 Å². The van der Waals surface area contributed by atoms with Gasteiger partial charge in [-0.15, -0.1) is 0 Å². The van der Waals surface area contributed by atoms with Crippen LogP contribution in [-0.2, 0) is 0 Å². The lowest BCUT2D eigenvalue weighted by molar-refractivity contribution is 0.513. The molecule has 4 aromatic carbocycles. The van der Waals surface area contributed by atoms with Gasteiger partial charge in [-0.25, -0.2) is 0 Å². The minimum absolute atomic E-state index is 0.433. The molecule has 0 aromatic heterocycles. The molecule has 4 aromatic rings. The van der Waals surface area contributed by atoms with Crippen molar-refractivity contribution >= 4 is 18.5 Å². The quantitative estimate of drug-likeness (QED) is 0.139. The van der Waals surface area contributed by atoms with Crippen LogP contribution < -0.4 is 10.6 Å². The minimum Gasteiger partial charge on any atom is -0.0622 e. The largest absolute Gasteiger partial charge is 0.0622 e. The summed E-state index contributed by atoms with van der Waals surface area (Å²) in [4.78, 5) is 0. The van der Waals surface area contributed by atoms with Crippen molar-refractivity contribution in [3.05, 3.63) is 106 Å². The zero-order chi connectivity index (χ0) is 35.6. The molecule has 262 valence electrons. The summed E-state index contributed by atoms with van der Waals surface area (Å²) in [5, 5.41) is 3.18. The zero-order valence-corrected chi connectivity index (χ0v) is 33.8. The smallest absolute Gasteiger partial charge is 0.00359 e. The SMILES string of the molecule is CC(C)c1cc(C(C)C)c(-c2cccc(-c3c(C(C)C)cc(C(C)C)cc3C(C)C)c2P(c2ccccc2)C2CCCCC2)c(C(C)C)c1. The maximum Gasteiger partial charge on any atom is -0.00359 e. The molecule has 1 saturated carbocycles. The lowest BCUT2D eigenvalue weighted by atomic mass is 9.79. The molecule has 1 fully saturated rings. The van der Waals surface area contributed by atoms with Crippen LogP contribution in [0.5, 0.6) is 0 Å². The van der Waals surface area contributed by atoms with Crippen LogP contribution in [-0.4, -0.2) is 5.66 Å². The van der Waals surface area contributed by atoms with Gasteiger partial charge in [0, 0.05) is 0 Å². The lowest BCUT2D eigenvalue weighted by Crippen LogP contribution is -2.27. The molecule has 0 aliphatic heterocycles. The van der Waals surface area contributed by atoms with E-state index in [9.17, 15) is 0 Å². The van der Waals surface area contributed by atoms with Crippen LogP contribution in [0.25, 0.3) is 22.3 Å². The predicted octanol–water partition coefficient (Wildman–Crippen LogP) is 14.5. The summed E-state index contributed by atoms with van der Waals surface area (Å²) in [6.45, 7) is 28.7. The van der Waals surface area contributed by atoms with E-state index in [2.05, 4.69) is 156 Å². The van der Waals surface area contributed by atoms with Crippen molar-refractivity contribution in [2.75, 3.05) is 0 Å². The van der Waals surface area contributed by atoms with Gasteiger partial charge in [0.05, 0.1) is 0 Å². The average Bonchev–Trinajstić information content (AvgIpc) is 3.08. The van der Waals surface area contributed by atoms with E-state index < -0.39 is 7.92 Å². The van der Waals surface area contributed by atoms with E-state index in [-0.39, 0.29) is 0 Å². The van der Waals surface area contributed by atoms with Crippen molar-refractivity contribution in [1.82, 2.24) is 0 Å². The van der Waals surface area contributed by atoms with Crippen LogP contribution in [0.3, 0.4) is 0 Å². The Morgan fingerprint density at radius 3 is 1.18 bits per heavy atom. The highest BCUT2D eigenvalue weighted by atomic mass is 31.1. The van der Waals surface area contributed by atoms with Crippen molar-refractivity contribution in [3.8, 4) is 22.3 Å². The summed E-state index contributed by atoms with van der Waals surface area (Å²) in [7, 11) is -0.625. The summed E-state index contributed by atoms with van der Waals surface area (Å²) >= 11 is 0. The van der Waals surface area contributed by atoms with E-state index >= 15 is 0 Å². The molecular weight excluding hydrogens is 608 g/mol. The molecule has 0 spiro atoms. The molecule has 0 heterocycles. The van der Waals surface area contributed by atoms with Gasteiger partial charge in [0.25, 0.3) is 0 Å². The first-order valence-electron chi connectivity index (χ1n) is 19.6. The molecule has 0 bridgehead atoms. The Hall–Kier alpha value is -2.69. The molecule has 1 aliphatic rings. The maximum absolute atomic E-state index is 2.56. The van der Waals surface area contributed by atoms with Crippen LogP contribution in [0.1, 0.15) is 184 Å². The van der Waals surface area contributed by atoms with E-state index in [0.29, 0.717) is 41.2 Å². The summed E-state index contributed by atoms with van der Waals surface area (Å²) < 4.78 is 0. The fourth-order valence-electron chi connectivity index (χ4n) is 8.19.